The van der Waals surface area contributed by atoms with Crippen LogP contribution in [-0.4, -0.2) is 23.7 Å². The van der Waals surface area contributed by atoms with Crippen molar-refractivity contribution in [3.63, 3.8) is 0 Å². The molecule has 1 heterocycles. The van der Waals surface area contributed by atoms with E-state index in [0.29, 0.717) is 23.7 Å². The molecule has 5 nitrogen and oxygen atoms in total. The molecule has 6 rings (SSSR count). The van der Waals surface area contributed by atoms with Crippen molar-refractivity contribution >= 4 is 17.3 Å². The topological polar surface area (TPSA) is 72.8 Å². The Morgan fingerprint density at radius 2 is 2.00 bits per heavy atom. The minimum atomic E-state index is -0.727. The molecule has 5 aliphatic rings. The van der Waals surface area contributed by atoms with E-state index >= 15 is 0 Å². The van der Waals surface area contributed by atoms with Crippen LogP contribution in [0.25, 0.3) is 5.57 Å². The summed E-state index contributed by atoms with van der Waals surface area (Å²) in [5.41, 5.74) is 2.08. The van der Waals surface area contributed by atoms with Crippen LogP contribution in [0.3, 0.4) is 0 Å². The number of fused-ring (bicyclic) bond motifs is 1. The molecule has 0 amide bonds. The van der Waals surface area contributed by atoms with Gasteiger partial charge in [0, 0.05) is 18.3 Å². The second kappa shape index (κ2) is 5.24. The monoisotopic (exact) mass is 364 g/mol. The van der Waals surface area contributed by atoms with Crippen molar-refractivity contribution < 1.29 is 24.2 Å². The Kier molecular flexibility index (Phi) is 3.01. The first-order valence-corrected chi connectivity index (χ1v) is 9.67. The number of carbonyl (C=O) groups excluding carboxylic acids is 1. The molecule has 1 N–H and O–H groups in total. The number of benzene rings is 1. The maximum atomic E-state index is 12.9. The summed E-state index contributed by atoms with van der Waals surface area (Å²) in [6.07, 6.45) is 7.36. The molecule has 0 spiro atoms. The van der Waals surface area contributed by atoms with Crippen molar-refractivity contribution in [3.8, 4) is 11.5 Å². The fraction of sp³-hybridized carbons (Fsp3) is 0.455. The first-order chi connectivity index (χ1) is 13.1. The molecular weight excluding hydrogens is 344 g/mol. The molecule has 0 radical (unpaired) electrons. The lowest BCUT2D eigenvalue weighted by atomic mass is 9.50. The van der Waals surface area contributed by atoms with Gasteiger partial charge < -0.3 is 14.6 Å². The maximum Gasteiger partial charge on any atom is 0.303 e. The molecule has 2 fully saturated rings. The summed E-state index contributed by atoms with van der Waals surface area (Å²) in [7, 11) is 0. The maximum absolute atomic E-state index is 12.9. The summed E-state index contributed by atoms with van der Waals surface area (Å²) < 4.78 is 10.9. The third kappa shape index (κ3) is 2.00. The zero-order valence-corrected chi connectivity index (χ0v) is 14.7. The van der Waals surface area contributed by atoms with Gasteiger partial charge in [0.15, 0.2) is 17.3 Å². The van der Waals surface area contributed by atoms with Gasteiger partial charge in [-0.25, -0.2) is 0 Å². The van der Waals surface area contributed by atoms with Crippen LogP contribution in [0.5, 0.6) is 11.5 Å². The minimum Gasteiger partial charge on any atom is -0.481 e. The molecule has 1 aromatic carbocycles. The number of allylic oxidation sites excluding steroid dienone is 4. The predicted octanol–water partition coefficient (Wildman–Crippen LogP) is 3.16. The van der Waals surface area contributed by atoms with E-state index in [9.17, 15) is 14.7 Å². The van der Waals surface area contributed by atoms with Crippen LogP contribution in [0.2, 0.25) is 0 Å². The Labute approximate surface area is 156 Å². The van der Waals surface area contributed by atoms with Crippen molar-refractivity contribution in [3.05, 3.63) is 42.0 Å². The highest BCUT2D eigenvalue weighted by Crippen LogP contribution is 2.67. The number of hydrogen-bond donors (Lipinski definition) is 1. The van der Waals surface area contributed by atoms with Gasteiger partial charge in [-0.05, 0) is 65.4 Å². The average Bonchev–Trinajstić information content (AvgIpc) is 3.26. The highest BCUT2D eigenvalue weighted by atomic mass is 16.7. The Morgan fingerprint density at radius 3 is 2.85 bits per heavy atom. The third-order valence-corrected chi connectivity index (χ3v) is 7.51. The summed E-state index contributed by atoms with van der Waals surface area (Å²) in [6, 6.07) is 5.89. The quantitative estimate of drug-likeness (QED) is 0.834. The van der Waals surface area contributed by atoms with E-state index in [4.69, 9.17) is 9.47 Å². The summed E-state index contributed by atoms with van der Waals surface area (Å²) >= 11 is 0. The number of carbonyl (C=O) groups is 2. The smallest absolute Gasteiger partial charge is 0.303 e. The Bertz CT molecular complexity index is 929. The minimum absolute atomic E-state index is 0.0500. The van der Waals surface area contributed by atoms with E-state index in [0.717, 1.165) is 29.1 Å². The van der Waals surface area contributed by atoms with Crippen LogP contribution >= 0.6 is 0 Å². The van der Waals surface area contributed by atoms with Crippen molar-refractivity contribution in [1.29, 1.82) is 0 Å². The molecule has 27 heavy (non-hydrogen) atoms. The number of ether oxygens (including phenoxy) is 2. The molecule has 0 unspecified atom stereocenters. The van der Waals surface area contributed by atoms with Crippen LogP contribution in [-0.2, 0) is 9.59 Å². The molecule has 138 valence electrons. The molecule has 0 saturated heterocycles. The SMILES string of the molecule is O=C(O)C[C@@H]1[C@H]2C=C[C@H]3C(c4ccc5c(c4)OCO5)=CC(=O)[C@H]4C[C@@H]1[C@@H]2[C@H]43. The summed E-state index contributed by atoms with van der Waals surface area (Å²) in [6.45, 7) is 0.237. The molecule has 1 aromatic rings. The van der Waals surface area contributed by atoms with Crippen molar-refractivity contribution in [1.82, 2.24) is 0 Å². The van der Waals surface area contributed by atoms with E-state index in [-0.39, 0.29) is 36.8 Å². The zero-order chi connectivity index (χ0) is 18.3. The van der Waals surface area contributed by atoms with Crippen LogP contribution in [0.4, 0.5) is 0 Å². The van der Waals surface area contributed by atoms with E-state index in [1.807, 2.05) is 24.3 Å². The molecular formula is C22H20O5. The van der Waals surface area contributed by atoms with Gasteiger partial charge in [-0.2, -0.15) is 0 Å². The van der Waals surface area contributed by atoms with Crippen molar-refractivity contribution in [2.45, 2.75) is 12.8 Å². The second-order valence-corrected chi connectivity index (χ2v) is 8.48. The number of aliphatic carboxylic acids is 1. The summed E-state index contributed by atoms with van der Waals surface area (Å²) in [5.74, 6) is 2.89. The van der Waals surface area contributed by atoms with Crippen LogP contribution in [0.15, 0.2) is 36.4 Å². The number of rotatable bonds is 3. The van der Waals surface area contributed by atoms with Crippen LogP contribution in [0, 0.1) is 41.4 Å². The molecule has 0 aromatic heterocycles. The lowest BCUT2D eigenvalue weighted by Crippen LogP contribution is -2.50. The van der Waals surface area contributed by atoms with E-state index in [2.05, 4.69) is 12.2 Å². The third-order valence-electron chi connectivity index (χ3n) is 7.51. The van der Waals surface area contributed by atoms with Gasteiger partial charge >= 0.3 is 5.97 Å². The number of carboxylic acid groups (broad SMARTS) is 1. The highest BCUT2D eigenvalue weighted by Gasteiger charge is 2.64. The average molecular weight is 364 g/mol. The summed E-state index contributed by atoms with van der Waals surface area (Å²) in [5, 5.41) is 9.25. The second-order valence-electron chi connectivity index (χ2n) is 8.48. The molecule has 4 aliphatic carbocycles. The molecule has 0 bridgehead atoms. The highest BCUT2D eigenvalue weighted by molar-refractivity contribution is 6.01. The molecule has 2 saturated carbocycles. The van der Waals surface area contributed by atoms with Gasteiger partial charge in [-0.3, -0.25) is 9.59 Å². The standard InChI is InChI=1S/C22H20O5/c23-17-7-13(10-1-4-18-19(5-10)27-9-26-18)11-2-3-12-14(8-20(24)25)15-6-16(17)22(11)21(12)15/h1-5,7,11-12,14-16,21-22H,6,8-9H2,(H,24,25)/t11-,12+,14+,15-,16+,21+,22-/m0/s1. The normalized spacial score (nSPS) is 39.6. The molecule has 7 atom stereocenters. The fourth-order valence-electron chi connectivity index (χ4n) is 6.54. The number of ketones is 1. The van der Waals surface area contributed by atoms with E-state index < -0.39 is 5.97 Å². The van der Waals surface area contributed by atoms with Gasteiger partial charge in [0.05, 0.1) is 0 Å². The largest absolute Gasteiger partial charge is 0.481 e. The van der Waals surface area contributed by atoms with Crippen LogP contribution < -0.4 is 9.47 Å². The van der Waals surface area contributed by atoms with Crippen molar-refractivity contribution in [2.24, 2.45) is 41.4 Å². The van der Waals surface area contributed by atoms with Crippen molar-refractivity contribution in [2.75, 3.05) is 6.79 Å². The van der Waals surface area contributed by atoms with Gasteiger partial charge in [0.1, 0.15) is 0 Å². The first kappa shape index (κ1) is 15.5. The van der Waals surface area contributed by atoms with Gasteiger partial charge in [-0.15, -0.1) is 0 Å². The fourth-order valence-corrected chi connectivity index (χ4v) is 6.54. The Morgan fingerprint density at radius 1 is 1.15 bits per heavy atom. The predicted molar refractivity (Wildman–Crippen MR) is 96.0 cm³/mol. The van der Waals surface area contributed by atoms with Gasteiger partial charge in [0.25, 0.3) is 0 Å². The molecule has 5 heteroatoms. The Hall–Kier alpha value is -2.56. The lowest BCUT2D eigenvalue weighted by molar-refractivity contribution is -0.142. The zero-order valence-electron chi connectivity index (χ0n) is 14.7. The molecule has 1 aliphatic heterocycles. The number of hydrogen-bond acceptors (Lipinski definition) is 4. The summed E-state index contributed by atoms with van der Waals surface area (Å²) in [4.78, 5) is 24.2. The number of carboxylic acids is 1. The Balaban J connectivity index is 1.39. The van der Waals surface area contributed by atoms with E-state index in [1.165, 1.54) is 0 Å². The van der Waals surface area contributed by atoms with Gasteiger partial charge in [-0.1, -0.05) is 18.2 Å². The first-order valence-electron chi connectivity index (χ1n) is 9.67. The lowest BCUT2D eigenvalue weighted by Gasteiger charge is -2.53. The van der Waals surface area contributed by atoms with Crippen LogP contribution in [0.1, 0.15) is 18.4 Å². The van der Waals surface area contributed by atoms with Gasteiger partial charge in [0.2, 0.25) is 6.79 Å². The van der Waals surface area contributed by atoms with E-state index in [1.54, 1.807) is 0 Å².